The summed E-state index contributed by atoms with van der Waals surface area (Å²) in [5.41, 5.74) is 6.86. The van der Waals surface area contributed by atoms with Gasteiger partial charge in [-0.05, 0) is 24.6 Å². The number of benzene rings is 1. The van der Waals surface area contributed by atoms with Crippen LogP contribution < -0.4 is 15.8 Å². The first-order valence-electron chi connectivity index (χ1n) is 6.80. The van der Waals surface area contributed by atoms with E-state index in [0.29, 0.717) is 18.8 Å². The highest BCUT2D eigenvalue weighted by atomic mass is 16.5. The maximum Gasteiger partial charge on any atom is 0.271 e. The van der Waals surface area contributed by atoms with Gasteiger partial charge in [-0.15, -0.1) is 0 Å². The van der Waals surface area contributed by atoms with Gasteiger partial charge in [0.2, 0.25) is 0 Å². The number of hydrogen-bond donors (Lipinski definition) is 2. The van der Waals surface area contributed by atoms with Gasteiger partial charge >= 0.3 is 0 Å². The molecule has 2 rings (SSSR count). The first kappa shape index (κ1) is 15.1. The summed E-state index contributed by atoms with van der Waals surface area (Å²) < 4.78 is 6.91. The van der Waals surface area contributed by atoms with E-state index in [1.54, 1.807) is 24.2 Å². The van der Waals surface area contributed by atoms with E-state index in [1.165, 1.54) is 0 Å². The van der Waals surface area contributed by atoms with Crippen molar-refractivity contribution in [3.05, 3.63) is 48.0 Å². The number of hydrogen-bond acceptors (Lipinski definition) is 4. The molecule has 21 heavy (non-hydrogen) atoms. The van der Waals surface area contributed by atoms with Gasteiger partial charge in [-0.2, -0.15) is 0 Å². The third-order valence-corrected chi connectivity index (χ3v) is 3.22. The Labute approximate surface area is 123 Å². The molecular formula is C15H20N4O2. The topological polar surface area (TPSA) is 82.2 Å². The molecular weight excluding hydrogens is 268 g/mol. The Kier molecular flexibility index (Phi) is 4.94. The number of nitrogens with two attached hydrogens (primary N) is 1. The van der Waals surface area contributed by atoms with Crippen LogP contribution in [0.3, 0.4) is 0 Å². The maximum atomic E-state index is 12.1. The Bertz CT molecular complexity index is 592. The molecule has 0 saturated heterocycles. The summed E-state index contributed by atoms with van der Waals surface area (Å²) >= 11 is 0. The van der Waals surface area contributed by atoms with Crippen molar-refractivity contribution >= 4 is 5.91 Å². The Hall–Kier alpha value is -2.34. The maximum absolute atomic E-state index is 12.1. The SMILES string of the molecule is COc1ccc([C@@H](C)NC(=O)c2cn(CCN)cn2)cc1. The van der Waals surface area contributed by atoms with Crippen molar-refractivity contribution in [2.45, 2.75) is 19.5 Å². The van der Waals surface area contributed by atoms with Crippen molar-refractivity contribution in [1.82, 2.24) is 14.9 Å². The molecule has 0 fully saturated rings. The molecule has 6 heteroatoms. The predicted octanol–water partition coefficient (Wildman–Crippen LogP) is 1.34. The Morgan fingerprint density at radius 3 is 2.76 bits per heavy atom. The molecule has 1 aromatic heterocycles. The molecule has 112 valence electrons. The zero-order chi connectivity index (χ0) is 15.2. The molecule has 0 bridgehead atoms. The van der Waals surface area contributed by atoms with Gasteiger partial charge in [0, 0.05) is 19.3 Å². The first-order chi connectivity index (χ1) is 10.1. The Morgan fingerprint density at radius 1 is 1.43 bits per heavy atom. The van der Waals surface area contributed by atoms with Crippen LogP contribution in [0.4, 0.5) is 0 Å². The van der Waals surface area contributed by atoms with Crippen molar-refractivity contribution in [3.63, 3.8) is 0 Å². The molecule has 0 spiro atoms. The summed E-state index contributed by atoms with van der Waals surface area (Å²) in [6.45, 7) is 3.09. The lowest BCUT2D eigenvalue weighted by Gasteiger charge is -2.13. The van der Waals surface area contributed by atoms with E-state index in [0.717, 1.165) is 11.3 Å². The molecule has 1 heterocycles. The fraction of sp³-hybridized carbons (Fsp3) is 0.333. The molecule has 0 radical (unpaired) electrons. The van der Waals surface area contributed by atoms with Crippen LogP contribution in [0.25, 0.3) is 0 Å². The second kappa shape index (κ2) is 6.90. The van der Waals surface area contributed by atoms with Crippen molar-refractivity contribution < 1.29 is 9.53 Å². The smallest absolute Gasteiger partial charge is 0.271 e. The zero-order valence-corrected chi connectivity index (χ0v) is 12.2. The molecule has 3 N–H and O–H groups in total. The van der Waals surface area contributed by atoms with Crippen LogP contribution in [0.1, 0.15) is 29.0 Å². The third-order valence-electron chi connectivity index (χ3n) is 3.22. The summed E-state index contributed by atoms with van der Waals surface area (Å²) in [5.74, 6) is 0.590. The lowest BCUT2D eigenvalue weighted by Crippen LogP contribution is -2.26. The second-order valence-electron chi connectivity index (χ2n) is 4.75. The molecule has 0 saturated carbocycles. The van der Waals surface area contributed by atoms with Crippen molar-refractivity contribution in [2.24, 2.45) is 5.73 Å². The van der Waals surface area contributed by atoms with Gasteiger partial charge < -0.3 is 20.4 Å². The van der Waals surface area contributed by atoms with Crippen LogP contribution >= 0.6 is 0 Å². The summed E-state index contributed by atoms with van der Waals surface area (Å²) in [4.78, 5) is 16.2. The molecule has 1 atom stereocenters. The second-order valence-corrected chi connectivity index (χ2v) is 4.75. The fourth-order valence-electron chi connectivity index (χ4n) is 2.00. The van der Waals surface area contributed by atoms with Crippen molar-refractivity contribution in [2.75, 3.05) is 13.7 Å². The lowest BCUT2D eigenvalue weighted by molar-refractivity contribution is 0.0935. The average molecular weight is 288 g/mol. The normalized spacial score (nSPS) is 12.0. The summed E-state index contributed by atoms with van der Waals surface area (Å²) in [6.07, 6.45) is 3.31. The Balaban J connectivity index is 1.99. The minimum Gasteiger partial charge on any atom is -0.497 e. The standard InChI is InChI=1S/C15H20N4O2/c1-11(12-3-5-13(21-2)6-4-12)18-15(20)14-9-19(8-7-16)10-17-14/h3-6,9-11H,7-8,16H2,1-2H3,(H,18,20)/t11-/m1/s1. The van der Waals surface area contributed by atoms with Crippen molar-refractivity contribution in [3.8, 4) is 5.75 Å². The van der Waals surface area contributed by atoms with E-state index in [2.05, 4.69) is 10.3 Å². The minimum atomic E-state index is -0.200. The van der Waals surface area contributed by atoms with Crippen LogP contribution in [0, 0.1) is 0 Å². The summed E-state index contributed by atoms with van der Waals surface area (Å²) in [5, 5.41) is 2.92. The quantitative estimate of drug-likeness (QED) is 0.840. The highest BCUT2D eigenvalue weighted by molar-refractivity contribution is 5.92. The van der Waals surface area contributed by atoms with Gasteiger partial charge in [-0.25, -0.2) is 4.98 Å². The number of aromatic nitrogens is 2. The lowest BCUT2D eigenvalue weighted by atomic mass is 10.1. The number of nitrogens with one attached hydrogen (secondary N) is 1. The monoisotopic (exact) mass is 288 g/mol. The minimum absolute atomic E-state index is 0.108. The molecule has 1 aromatic carbocycles. The summed E-state index contributed by atoms with van der Waals surface area (Å²) in [6, 6.07) is 7.48. The number of carbonyl (C=O) groups excluding carboxylic acids is 1. The number of ether oxygens (including phenoxy) is 1. The number of carbonyl (C=O) groups is 1. The highest BCUT2D eigenvalue weighted by Gasteiger charge is 2.13. The molecule has 6 nitrogen and oxygen atoms in total. The van der Waals surface area contributed by atoms with Crippen LogP contribution in [0.5, 0.6) is 5.75 Å². The summed E-state index contributed by atoms with van der Waals surface area (Å²) in [7, 11) is 1.62. The van der Waals surface area contributed by atoms with E-state index >= 15 is 0 Å². The van der Waals surface area contributed by atoms with Crippen LogP contribution in [0.2, 0.25) is 0 Å². The number of nitrogens with zero attached hydrogens (tertiary/aromatic N) is 2. The van der Waals surface area contributed by atoms with E-state index in [4.69, 9.17) is 10.5 Å². The molecule has 0 unspecified atom stereocenters. The van der Waals surface area contributed by atoms with Gasteiger partial charge in [0.05, 0.1) is 19.5 Å². The van der Waals surface area contributed by atoms with Crippen LogP contribution in [-0.2, 0) is 6.54 Å². The number of amides is 1. The largest absolute Gasteiger partial charge is 0.497 e. The molecule has 0 aliphatic carbocycles. The molecule has 1 amide bonds. The highest BCUT2D eigenvalue weighted by Crippen LogP contribution is 2.17. The van der Waals surface area contributed by atoms with Crippen LogP contribution in [-0.4, -0.2) is 29.1 Å². The van der Waals surface area contributed by atoms with E-state index in [9.17, 15) is 4.79 Å². The van der Waals surface area contributed by atoms with Gasteiger partial charge in [-0.3, -0.25) is 4.79 Å². The van der Waals surface area contributed by atoms with Gasteiger partial charge in [0.25, 0.3) is 5.91 Å². The van der Waals surface area contributed by atoms with E-state index in [-0.39, 0.29) is 11.9 Å². The zero-order valence-electron chi connectivity index (χ0n) is 12.2. The Morgan fingerprint density at radius 2 is 2.14 bits per heavy atom. The first-order valence-corrected chi connectivity index (χ1v) is 6.80. The fourth-order valence-corrected chi connectivity index (χ4v) is 2.00. The molecule has 0 aliphatic heterocycles. The number of rotatable bonds is 6. The van der Waals surface area contributed by atoms with Gasteiger partial charge in [0.1, 0.15) is 11.4 Å². The third kappa shape index (κ3) is 3.82. The number of methoxy groups -OCH3 is 1. The number of imidazole rings is 1. The van der Waals surface area contributed by atoms with Gasteiger partial charge in [-0.1, -0.05) is 12.1 Å². The van der Waals surface area contributed by atoms with Crippen LogP contribution in [0.15, 0.2) is 36.8 Å². The van der Waals surface area contributed by atoms with Crippen molar-refractivity contribution in [1.29, 1.82) is 0 Å². The molecule has 2 aromatic rings. The van der Waals surface area contributed by atoms with E-state index in [1.807, 2.05) is 31.2 Å². The predicted molar refractivity (Wildman–Crippen MR) is 80.2 cm³/mol. The molecule has 0 aliphatic rings. The average Bonchev–Trinajstić information content (AvgIpc) is 2.96. The van der Waals surface area contributed by atoms with Gasteiger partial charge in [0.15, 0.2) is 0 Å². The van der Waals surface area contributed by atoms with E-state index < -0.39 is 0 Å².